The molecule has 0 aliphatic heterocycles. The van der Waals surface area contributed by atoms with Crippen LogP contribution in [0.25, 0.3) is 28.2 Å². The van der Waals surface area contributed by atoms with Gasteiger partial charge in [-0.1, -0.05) is 36.4 Å². The Morgan fingerprint density at radius 3 is 2.65 bits per heavy atom. The van der Waals surface area contributed by atoms with E-state index in [0.717, 1.165) is 11.1 Å². The zero-order valence-corrected chi connectivity index (χ0v) is 12.5. The van der Waals surface area contributed by atoms with E-state index in [1.165, 1.54) is 19.4 Å². The zero-order valence-electron chi connectivity index (χ0n) is 12.5. The molecule has 114 valence electrons. The number of carbonyl (C=O) groups is 1. The Morgan fingerprint density at radius 2 is 1.91 bits per heavy atom. The van der Waals surface area contributed by atoms with E-state index in [4.69, 9.17) is 4.42 Å². The Hall–Kier alpha value is -3.14. The molecule has 1 heterocycles. The van der Waals surface area contributed by atoms with Gasteiger partial charge in [0.25, 0.3) is 0 Å². The van der Waals surface area contributed by atoms with Gasteiger partial charge in [0.1, 0.15) is 11.8 Å². The van der Waals surface area contributed by atoms with E-state index in [0.29, 0.717) is 16.5 Å². The van der Waals surface area contributed by atoms with E-state index in [2.05, 4.69) is 4.74 Å². The second kappa shape index (κ2) is 6.32. The predicted octanol–water partition coefficient (Wildman–Crippen LogP) is 3.65. The van der Waals surface area contributed by atoms with E-state index >= 15 is 0 Å². The van der Waals surface area contributed by atoms with Gasteiger partial charge >= 0.3 is 5.97 Å². The van der Waals surface area contributed by atoms with Gasteiger partial charge in [0.2, 0.25) is 0 Å². The molecule has 0 N–H and O–H groups in total. The Kier molecular flexibility index (Phi) is 4.06. The summed E-state index contributed by atoms with van der Waals surface area (Å²) in [5.41, 5.74) is 2.48. The van der Waals surface area contributed by atoms with E-state index in [1.807, 2.05) is 30.3 Å². The molecule has 0 saturated carbocycles. The molecule has 0 unspecified atom stereocenters. The van der Waals surface area contributed by atoms with Gasteiger partial charge < -0.3 is 9.15 Å². The van der Waals surface area contributed by atoms with Gasteiger partial charge in [-0.15, -0.1) is 0 Å². The van der Waals surface area contributed by atoms with Crippen molar-refractivity contribution in [2.45, 2.75) is 0 Å². The van der Waals surface area contributed by atoms with E-state index in [1.54, 1.807) is 24.3 Å². The number of hydrogen-bond donors (Lipinski definition) is 0. The van der Waals surface area contributed by atoms with Crippen LogP contribution in [-0.2, 0) is 9.53 Å². The van der Waals surface area contributed by atoms with E-state index < -0.39 is 5.97 Å². The molecule has 0 radical (unpaired) electrons. The van der Waals surface area contributed by atoms with Crippen LogP contribution in [0, 0.1) is 0 Å². The SMILES string of the molecule is COC(=O)/C=C/c1ccc2c(=O)c(-c3ccccc3)coc2c1. The van der Waals surface area contributed by atoms with Crippen molar-refractivity contribution in [2.75, 3.05) is 7.11 Å². The Bertz CT molecular complexity index is 936. The van der Waals surface area contributed by atoms with Crippen LogP contribution in [-0.4, -0.2) is 13.1 Å². The van der Waals surface area contributed by atoms with Gasteiger partial charge in [-0.05, 0) is 29.3 Å². The topological polar surface area (TPSA) is 56.5 Å². The second-order valence-electron chi connectivity index (χ2n) is 4.96. The average molecular weight is 306 g/mol. The molecule has 0 saturated heterocycles. The van der Waals surface area contributed by atoms with Crippen LogP contribution in [0.4, 0.5) is 0 Å². The monoisotopic (exact) mass is 306 g/mol. The first-order valence-electron chi connectivity index (χ1n) is 7.06. The molecule has 0 atom stereocenters. The highest BCUT2D eigenvalue weighted by atomic mass is 16.5. The van der Waals surface area contributed by atoms with Crippen molar-refractivity contribution in [3.05, 3.63) is 76.7 Å². The maximum atomic E-state index is 12.6. The number of rotatable bonds is 3. The minimum atomic E-state index is -0.439. The first-order chi connectivity index (χ1) is 11.2. The Morgan fingerprint density at radius 1 is 1.13 bits per heavy atom. The van der Waals surface area contributed by atoms with Gasteiger partial charge in [0.05, 0.1) is 18.1 Å². The number of hydrogen-bond acceptors (Lipinski definition) is 4. The largest absolute Gasteiger partial charge is 0.466 e. The lowest BCUT2D eigenvalue weighted by Gasteiger charge is -2.03. The van der Waals surface area contributed by atoms with Crippen LogP contribution in [0.5, 0.6) is 0 Å². The van der Waals surface area contributed by atoms with E-state index in [-0.39, 0.29) is 5.43 Å². The molecule has 0 amide bonds. The third-order valence-corrected chi connectivity index (χ3v) is 3.50. The molecule has 3 rings (SSSR count). The van der Waals surface area contributed by atoms with Gasteiger partial charge in [0.15, 0.2) is 5.43 Å². The van der Waals surface area contributed by atoms with Crippen molar-refractivity contribution >= 4 is 23.0 Å². The summed E-state index contributed by atoms with van der Waals surface area (Å²) in [7, 11) is 1.32. The van der Waals surface area contributed by atoms with Gasteiger partial charge in [-0.3, -0.25) is 4.79 Å². The minimum Gasteiger partial charge on any atom is -0.466 e. The van der Waals surface area contributed by atoms with Crippen LogP contribution >= 0.6 is 0 Å². The van der Waals surface area contributed by atoms with Crippen molar-refractivity contribution in [3.8, 4) is 11.1 Å². The maximum Gasteiger partial charge on any atom is 0.330 e. The Labute approximate surface area is 132 Å². The molecule has 4 heteroatoms. The lowest BCUT2D eigenvalue weighted by Crippen LogP contribution is -2.04. The van der Waals surface area contributed by atoms with Crippen molar-refractivity contribution in [1.82, 2.24) is 0 Å². The molecule has 0 aliphatic carbocycles. The number of fused-ring (bicyclic) bond motifs is 1. The molecule has 1 aromatic heterocycles. The third-order valence-electron chi connectivity index (χ3n) is 3.50. The standard InChI is InChI=1S/C19H14O4/c1-22-18(20)10-8-13-7-9-15-17(11-13)23-12-16(19(15)21)14-5-3-2-4-6-14/h2-12H,1H3/b10-8+. The molecule has 3 aromatic rings. The van der Waals surface area contributed by atoms with Gasteiger partial charge in [-0.25, -0.2) is 4.79 Å². The summed E-state index contributed by atoms with van der Waals surface area (Å²) in [4.78, 5) is 23.7. The maximum absolute atomic E-state index is 12.6. The highest BCUT2D eigenvalue weighted by molar-refractivity contribution is 5.88. The molecular weight excluding hydrogens is 292 g/mol. The fourth-order valence-electron chi connectivity index (χ4n) is 2.30. The molecule has 0 fully saturated rings. The fraction of sp³-hybridized carbons (Fsp3) is 0.0526. The first-order valence-corrected chi connectivity index (χ1v) is 7.06. The Balaban J connectivity index is 2.05. The minimum absolute atomic E-state index is 0.0825. The molecule has 23 heavy (non-hydrogen) atoms. The lowest BCUT2D eigenvalue weighted by atomic mass is 10.0. The molecule has 0 bridgehead atoms. The summed E-state index contributed by atoms with van der Waals surface area (Å²) < 4.78 is 10.1. The van der Waals surface area contributed by atoms with Gasteiger partial charge in [0, 0.05) is 6.08 Å². The molecule has 0 spiro atoms. The van der Waals surface area contributed by atoms with Crippen LogP contribution in [0.15, 0.2) is 70.1 Å². The quantitative estimate of drug-likeness (QED) is 0.547. The third kappa shape index (κ3) is 3.06. The van der Waals surface area contributed by atoms with Gasteiger partial charge in [-0.2, -0.15) is 0 Å². The normalized spacial score (nSPS) is 11.0. The van der Waals surface area contributed by atoms with Crippen molar-refractivity contribution in [2.24, 2.45) is 0 Å². The van der Waals surface area contributed by atoms with Crippen molar-refractivity contribution in [3.63, 3.8) is 0 Å². The smallest absolute Gasteiger partial charge is 0.330 e. The summed E-state index contributed by atoms with van der Waals surface area (Å²) in [6.07, 6.45) is 4.39. The van der Waals surface area contributed by atoms with Crippen LogP contribution in [0.1, 0.15) is 5.56 Å². The van der Waals surface area contributed by atoms with Crippen LogP contribution in [0.2, 0.25) is 0 Å². The fourth-order valence-corrected chi connectivity index (χ4v) is 2.30. The lowest BCUT2D eigenvalue weighted by molar-refractivity contribution is -0.134. The summed E-state index contributed by atoms with van der Waals surface area (Å²) in [6, 6.07) is 14.5. The number of ether oxygens (including phenoxy) is 1. The molecular formula is C19H14O4. The number of benzene rings is 2. The zero-order chi connectivity index (χ0) is 16.2. The average Bonchev–Trinajstić information content (AvgIpc) is 2.60. The van der Waals surface area contributed by atoms with Crippen molar-refractivity contribution in [1.29, 1.82) is 0 Å². The molecule has 2 aromatic carbocycles. The number of methoxy groups -OCH3 is 1. The number of carbonyl (C=O) groups excluding carboxylic acids is 1. The summed E-state index contributed by atoms with van der Waals surface area (Å²) in [5.74, 6) is -0.439. The van der Waals surface area contributed by atoms with Crippen molar-refractivity contribution < 1.29 is 13.9 Å². The molecule has 0 aliphatic rings. The second-order valence-corrected chi connectivity index (χ2v) is 4.96. The highest BCUT2D eigenvalue weighted by Gasteiger charge is 2.09. The summed E-state index contributed by atoms with van der Waals surface area (Å²) >= 11 is 0. The predicted molar refractivity (Wildman–Crippen MR) is 89.0 cm³/mol. The van der Waals surface area contributed by atoms with Crippen LogP contribution in [0.3, 0.4) is 0 Å². The first kappa shape index (κ1) is 14.8. The number of esters is 1. The highest BCUT2D eigenvalue weighted by Crippen LogP contribution is 2.20. The summed E-state index contributed by atoms with van der Waals surface area (Å²) in [5, 5.41) is 0.501. The van der Waals surface area contributed by atoms with Crippen LogP contribution < -0.4 is 5.43 Å². The molecule has 4 nitrogen and oxygen atoms in total. The summed E-state index contributed by atoms with van der Waals surface area (Å²) in [6.45, 7) is 0. The van der Waals surface area contributed by atoms with E-state index in [9.17, 15) is 9.59 Å².